The van der Waals surface area contributed by atoms with Gasteiger partial charge in [0.15, 0.2) is 5.78 Å². The molecule has 3 rings (SSSR count). The van der Waals surface area contributed by atoms with Gasteiger partial charge in [0, 0.05) is 23.6 Å². The molecule has 0 radical (unpaired) electrons. The lowest BCUT2D eigenvalue weighted by molar-refractivity contribution is -0.384. The second-order valence-corrected chi connectivity index (χ2v) is 5.69. The zero-order valence-corrected chi connectivity index (χ0v) is 12.5. The van der Waals surface area contributed by atoms with Gasteiger partial charge in [-0.15, -0.1) is 0 Å². The molecule has 0 heterocycles. The van der Waals surface area contributed by atoms with E-state index in [-0.39, 0.29) is 29.2 Å². The molecule has 1 aliphatic carbocycles. The first-order valence-electron chi connectivity index (χ1n) is 7.27. The zero-order chi connectivity index (χ0) is 16.6. The Kier molecular flexibility index (Phi) is 3.82. The Hall–Kier alpha value is -2.76. The highest BCUT2D eigenvalue weighted by Crippen LogP contribution is 2.44. The highest BCUT2D eigenvalue weighted by atomic mass is 19.1. The summed E-state index contributed by atoms with van der Waals surface area (Å²) in [7, 11) is 0. The summed E-state index contributed by atoms with van der Waals surface area (Å²) in [6.45, 7) is 1.37. The molecule has 23 heavy (non-hydrogen) atoms. The van der Waals surface area contributed by atoms with Crippen LogP contribution < -0.4 is 5.32 Å². The number of rotatable bonds is 5. The average Bonchev–Trinajstić information content (AvgIpc) is 3.26. The monoisotopic (exact) mass is 314 g/mol. The summed E-state index contributed by atoms with van der Waals surface area (Å²) in [5.41, 5.74) is 1.44. The first kappa shape index (κ1) is 15.1. The van der Waals surface area contributed by atoms with E-state index in [1.54, 1.807) is 18.2 Å². The van der Waals surface area contributed by atoms with Crippen molar-refractivity contribution in [2.75, 3.05) is 5.32 Å². The van der Waals surface area contributed by atoms with Crippen LogP contribution in [0.25, 0.3) is 0 Å². The number of halogens is 1. The number of carbonyl (C=O) groups excluding carboxylic acids is 1. The molecule has 0 spiro atoms. The van der Waals surface area contributed by atoms with Crippen LogP contribution in [0.1, 0.15) is 35.2 Å². The fourth-order valence-electron chi connectivity index (χ4n) is 2.68. The quantitative estimate of drug-likeness (QED) is 0.516. The van der Waals surface area contributed by atoms with Gasteiger partial charge in [0.25, 0.3) is 5.69 Å². The van der Waals surface area contributed by atoms with Crippen molar-refractivity contribution in [3.05, 3.63) is 69.5 Å². The number of nitro groups is 1. The van der Waals surface area contributed by atoms with Gasteiger partial charge in [-0.2, -0.15) is 0 Å². The molecule has 0 aromatic heterocycles. The Morgan fingerprint density at radius 1 is 1.30 bits per heavy atom. The van der Waals surface area contributed by atoms with Crippen molar-refractivity contribution in [3.63, 3.8) is 0 Å². The van der Waals surface area contributed by atoms with Crippen LogP contribution in [0.2, 0.25) is 0 Å². The van der Waals surface area contributed by atoms with Crippen LogP contribution in [0, 0.1) is 15.9 Å². The van der Waals surface area contributed by atoms with Crippen molar-refractivity contribution in [2.45, 2.75) is 25.3 Å². The number of nitrogens with zero attached hydrogens (tertiary/aromatic N) is 1. The van der Waals surface area contributed by atoms with E-state index in [0.717, 1.165) is 12.0 Å². The second-order valence-electron chi connectivity index (χ2n) is 5.69. The highest BCUT2D eigenvalue weighted by Gasteiger charge is 2.39. The average molecular weight is 314 g/mol. The Morgan fingerprint density at radius 3 is 2.74 bits per heavy atom. The molecule has 2 aromatic carbocycles. The maximum Gasteiger partial charge on any atom is 0.293 e. The van der Waals surface area contributed by atoms with E-state index in [2.05, 4.69) is 5.32 Å². The van der Waals surface area contributed by atoms with Gasteiger partial charge < -0.3 is 5.32 Å². The number of nitro benzene ring substituents is 1. The second kappa shape index (κ2) is 5.79. The molecule has 1 N–H and O–H groups in total. The van der Waals surface area contributed by atoms with E-state index in [1.165, 1.54) is 25.1 Å². The van der Waals surface area contributed by atoms with Gasteiger partial charge in [0.05, 0.1) is 4.92 Å². The van der Waals surface area contributed by atoms with E-state index < -0.39 is 4.92 Å². The van der Waals surface area contributed by atoms with Crippen molar-refractivity contribution < 1.29 is 14.1 Å². The normalized spacial score (nSPS) is 19.2. The molecule has 1 fully saturated rings. The number of carbonyl (C=O) groups is 1. The zero-order valence-electron chi connectivity index (χ0n) is 12.5. The largest absolute Gasteiger partial charge is 0.376 e. The lowest BCUT2D eigenvalue weighted by Gasteiger charge is -2.08. The van der Waals surface area contributed by atoms with E-state index in [0.29, 0.717) is 11.3 Å². The molecule has 1 aliphatic rings. The molecule has 2 aromatic rings. The molecule has 2 atom stereocenters. The summed E-state index contributed by atoms with van der Waals surface area (Å²) in [5, 5.41) is 14.3. The molecular weight excluding hydrogens is 299 g/mol. The van der Waals surface area contributed by atoms with E-state index in [9.17, 15) is 19.3 Å². The number of benzene rings is 2. The van der Waals surface area contributed by atoms with Crippen molar-refractivity contribution >= 4 is 17.2 Å². The van der Waals surface area contributed by atoms with Crippen LogP contribution in [0.5, 0.6) is 0 Å². The van der Waals surface area contributed by atoms with Crippen molar-refractivity contribution in [1.29, 1.82) is 0 Å². The van der Waals surface area contributed by atoms with Crippen LogP contribution in [0.3, 0.4) is 0 Å². The third kappa shape index (κ3) is 3.21. The van der Waals surface area contributed by atoms with E-state index >= 15 is 0 Å². The van der Waals surface area contributed by atoms with Gasteiger partial charge in [0.2, 0.25) is 0 Å². The number of hydrogen-bond donors (Lipinski definition) is 1. The molecule has 0 bridgehead atoms. The first-order valence-corrected chi connectivity index (χ1v) is 7.27. The fourth-order valence-corrected chi connectivity index (χ4v) is 2.68. The predicted molar refractivity (Wildman–Crippen MR) is 84.3 cm³/mol. The fraction of sp³-hybridized carbons (Fsp3) is 0.235. The summed E-state index contributed by atoms with van der Waals surface area (Å²) in [6, 6.07) is 10.8. The summed E-state index contributed by atoms with van der Waals surface area (Å²) in [6.07, 6.45) is 0.787. The number of ketones is 1. The maximum absolute atomic E-state index is 13.3. The van der Waals surface area contributed by atoms with Crippen molar-refractivity contribution in [2.24, 2.45) is 0 Å². The van der Waals surface area contributed by atoms with E-state index in [1.807, 2.05) is 6.07 Å². The lowest BCUT2D eigenvalue weighted by atomic mass is 10.1. The summed E-state index contributed by atoms with van der Waals surface area (Å²) in [4.78, 5) is 22.1. The van der Waals surface area contributed by atoms with Crippen LogP contribution in [-0.4, -0.2) is 16.7 Å². The van der Waals surface area contributed by atoms with Crippen molar-refractivity contribution in [3.8, 4) is 0 Å². The molecule has 0 saturated heterocycles. The Morgan fingerprint density at radius 2 is 2.09 bits per heavy atom. The molecule has 0 amide bonds. The summed E-state index contributed by atoms with van der Waals surface area (Å²) < 4.78 is 13.3. The smallest absolute Gasteiger partial charge is 0.293 e. The van der Waals surface area contributed by atoms with Crippen LogP contribution in [0.4, 0.5) is 15.8 Å². The van der Waals surface area contributed by atoms with Crippen molar-refractivity contribution in [1.82, 2.24) is 0 Å². The minimum absolute atomic E-state index is 0.0266. The molecule has 6 heteroatoms. The topological polar surface area (TPSA) is 72.2 Å². The van der Waals surface area contributed by atoms with Gasteiger partial charge in [-0.05, 0) is 43.2 Å². The third-order valence-corrected chi connectivity index (χ3v) is 4.01. The molecule has 0 unspecified atom stereocenters. The number of anilines is 1. The minimum atomic E-state index is -0.506. The Bertz CT molecular complexity index is 791. The van der Waals surface area contributed by atoms with Gasteiger partial charge in [-0.25, -0.2) is 4.39 Å². The highest BCUT2D eigenvalue weighted by molar-refractivity contribution is 5.95. The van der Waals surface area contributed by atoms with Crippen LogP contribution in [0.15, 0.2) is 42.5 Å². The standard InChI is InChI=1S/C17H15FN2O3/c1-10(21)11-5-6-15(17(8-11)20(22)23)19-16-9-14(16)12-3-2-4-13(18)7-12/h2-8,14,16,19H,9H2,1H3/t14-,16+/m0/s1. The molecule has 0 aliphatic heterocycles. The van der Waals surface area contributed by atoms with Crippen LogP contribution >= 0.6 is 0 Å². The van der Waals surface area contributed by atoms with Gasteiger partial charge in [0.1, 0.15) is 11.5 Å². The Balaban J connectivity index is 1.79. The maximum atomic E-state index is 13.3. The third-order valence-electron chi connectivity index (χ3n) is 4.01. The SMILES string of the molecule is CC(=O)c1ccc(N[C@@H]2C[C@H]2c2cccc(F)c2)c([N+](=O)[O-])c1. The van der Waals surface area contributed by atoms with E-state index in [4.69, 9.17) is 0 Å². The lowest BCUT2D eigenvalue weighted by Crippen LogP contribution is -2.07. The van der Waals surface area contributed by atoms with Crippen LogP contribution in [-0.2, 0) is 0 Å². The predicted octanol–water partition coefficient (Wildman–Crippen LogP) is 3.90. The molecule has 118 valence electrons. The minimum Gasteiger partial charge on any atom is -0.376 e. The number of nitrogens with one attached hydrogen (secondary N) is 1. The molecule has 5 nitrogen and oxygen atoms in total. The first-order chi connectivity index (χ1) is 11.0. The Labute approximate surface area is 132 Å². The molecule has 1 saturated carbocycles. The number of Topliss-reactive ketones (excluding diaryl/α,β-unsaturated/α-hetero) is 1. The molecular formula is C17H15FN2O3. The van der Waals surface area contributed by atoms with Gasteiger partial charge >= 0.3 is 0 Å². The summed E-state index contributed by atoms with van der Waals surface area (Å²) >= 11 is 0. The van der Waals surface area contributed by atoms with Gasteiger partial charge in [-0.3, -0.25) is 14.9 Å². The van der Waals surface area contributed by atoms with Gasteiger partial charge in [-0.1, -0.05) is 12.1 Å². The number of hydrogen-bond acceptors (Lipinski definition) is 4. The summed E-state index contributed by atoms with van der Waals surface area (Å²) in [5.74, 6) is -0.369.